The van der Waals surface area contributed by atoms with Crippen molar-refractivity contribution in [2.45, 2.75) is 71.6 Å². The molecule has 0 aromatic heterocycles. The van der Waals surface area contributed by atoms with E-state index in [0.29, 0.717) is 30.3 Å². The van der Waals surface area contributed by atoms with Crippen LogP contribution in [0.2, 0.25) is 0 Å². The summed E-state index contributed by atoms with van der Waals surface area (Å²) in [6, 6.07) is 14.6. The van der Waals surface area contributed by atoms with Gasteiger partial charge in [-0.1, -0.05) is 106 Å². The number of allylic oxidation sites excluding steroid dienone is 6. The summed E-state index contributed by atoms with van der Waals surface area (Å²) in [5.74, 6) is 2.26. The molecule has 3 aromatic carbocycles. The van der Waals surface area contributed by atoms with Crippen LogP contribution in [0.25, 0.3) is 33.7 Å². The molecule has 1 nitrogen and oxygen atoms in total. The van der Waals surface area contributed by atoms with Crippen molar-refractivity contribution in [2.24, 2.45) is 45.3 Å². The van der Waals surface area contributed by atoms with Gasteiger partial charge in [0.15, 0.2) is 0 Å². The molecule has 0 saturated heterocycles. The van der Waals surface area contributed by atoms with Crippen LogP contribution in [-0.2, 0) is 5.41 Å². The molecule has 3 fully saturated rings. The Kier molecular flexibility index (Phi) is 3.97. The van der Waals surface area contributed by atoms with Crippen LogP contribution in [0.5, 0.6) is 0 Å². The van der Waals surface area contributed by atoms with Crippen LogP contribution < -0.4 is 0 Å². The lowest BCUT2D eigenvalue weighted by atomic mass is 9.24. The lowest BCUT2D eigenvalue weighted by Gasteiger charge is -2.78. The summed E-state index contributed by atoms with van der Waals surface area (Å²) in [5.41, 5.74) is 11.5. The molecule has 2 bridgehead atoms. The fraction of sp³-hybridized carbons (Fsp3) is 0.476. The highest BCUT2D eigenvalue weighted by Crippen LogP contribution is 2.88. The smallest absolute Gasteiger partial charge is 0.0487 e. The van der Waals surface area contributed by atoms with Crippen molar-refractivity contribution < 1.29 is 5.11 Å². The molecule has 6 atom stereocenters. The second kappa shape index (κ2) is 6.99. The van der Waals surface area contributed by atoms with Crippen LogP contribution in [0.1, 0.15) is 88.5 Å². The van der Waals surface area contributed by atoms with Crippen molar-refractivity contribution in [3.8, 4) is 0 Å². The molecule has 12 rings (SSSR count). The Morgan fingerprint density at radius 1 is 0.814 bits per heavy atom. The van der Waals surface area contributed by atoms with E-state index in [4.69, 9.17) is 0 Å². The van der Waals surface area contributed by atoms with Gasteiger partial charge in [0.1, 0.15) is 0 Å². The third kappa shape index (κ3) is 2.13. The minimum atomic E-state index is -0.0714. The fourth-order valence-corrected chi connectivity index (χ4v) is 14.5. The number of hydrogen-bond donors (Lipinski definition) is 1. The first-order valence-corrected chi connectivity index (χ1v) is 17.3. The summed E-state index contributed by atoms with van der Waals surface area (Å²) in [6.07, 6.45) is 20.8. The number of hydrogen-bond acceptors (Lipinski definition) is 1. The first-order chi connectivity index (χ1) is 20.8. The predicted molar refractivity (Wildman–Crippen MR) is 177 cm³/mol. The minimum absolute atomic E-state index is 0.0163. The highest BCUT2D eigenvalue weighted by Gasteiger charge is 2.82. The highest BCUT2D eigenvalue weighted by molar-refractivity contribution is 6.19. The third-order valence-electron chi connectivity index (χ3n) is 15.5. The zero-order valence-electron chi connectivity index (χ0n) is 26.1. The monoisotopic (exact) mass is 562 g/mol. The van der Waals surface area contributed by atoms with E-state index in [1.807, 2.05) is 0 Å². The Bertz CT molecular complexity index is 1920. The molecular formula is C42H42O. The largest absolute Gasteiger partial charge is 0.396 e. The number of fused-ring (bicyclic) bond motifs is 1. The summed E-state index contributed by atoms with van der Waals surface area (Å²) in [7, 11) is 0. The van der Waals surface area contributed by atoms with Crippen LogP contribution in [0.3, 0.4) is 0 Å². The molecule has 0 radical (unpaired) electrons. The van der Waals surface area contributed by atoms with Gasteiger partial charge in [-0.15, -0.1) is 0 Å². The average Bonchev–Trinajstić information content (AvgIpc) is 3.54. The second-order valence-electron chi connectivity index (χ2n) is 16.9. The molecule has 0 aliphatic heterocycles. The summed E-state index contributed by atoms with van der Waals surface area (Å²) >= 11 is 0. The predicted octanol–water partition coefficient (Wildman–Crippen LogP) is 9.76. The summed E-state index contributed by atoms with van der Waals surface area (Å²) in [4.78, 5) is 0. The number of rotatable bonds is 2. The van der Waals surface area contributed by atoms with Crippen LogP contribution in [-0.4, -0.2) is 11.7 Å². The third-order valence-corrected chi connectivity index (χ3v) is 15.5. The van der Waals surface area contributed by atoms with Crippen molar-refractivity contribution >= 4 is 33.7 Å². The summed E-state index contributed by atoms with van der Waals surface area (Å²) < 4.78 is 0. The maximum absolute atomic E-state index is 10.9. The van der Waals surface area contributed by atoms with Crippen LogP contribution in [0.15, 0.2) is 71.3 Å². The van der Waals surface area contributed by atoms with Gasteiger partial charge >= 0.3 is 0 Å². The first kappa shape index (κ1) is 24.4. The Morgan fingerprint density at radius 3 is 2.05 bits per heavy atom. The van der Waals surface area contributed by atoms with Gasteiger partial charge in [-0.05, 0) is 122 Å². The number of aliphatic hydroxyl groups is 1. The molecule has 3 aromatic rings. The summed E-state index contributed by atoms with van der Waals surface area (Å²) in [6.45, 7) is 10.4. The van der Waals surface area contributed by atoms with E-state index < -0.39 is 0 Å². The molecule has 43 heavy (non-hydrogen) atoms. The van der Waals surface area contributed by atoms with Gasteiger partial charge in [0.25, 0.3) is 0 Å². The first-order valence-electron chi connectivity index (χ1n) is 17.3. The molecule has 9 aliphatic carbocycles. The van der Waals surface area contributed by atoms with Gasteiger partial charge in [0.2, 0.25) is 0 Å². The average molecular weight is 563 g/mol. The van der Waals surface area contributed by atoms with Crippen molar-refractivity contribution in [3.63, 3.8) is 0 Å². The van der Waals surface area contributed by atoms with Gasteiger partial charge in [-0.25, -0.2) is 0 Å². The Balaban J connectivity index is 1.35. The SMILES string of the molecule is CC(C)C1=CC23CCC4[C@](C)(CO)CCC[C@]4(C)C2CC1C12C4=Cc5ccc6ccc7ccc(c8c7c6c5C831)C=C2C=C4. The zero-order chi connectivity index (χ0) is 28.9. The van der Waals surface area contributed by atoms with Gasteiger partial charge in [-0.2, -0.15) is 0 Å². The molecule has 0 amide bonds. The Morgan fingerprint density at radius 2 is 1.44 bits per heavy atom. The maximum Gasteiger partial charge on any atom is 0.0487 e. The standard InChI is InChI=1S/C42H42O/c1-23(2)30-21-40-17-14-32-38(3,22-43)15-5-16-39(32,4)33(40)20-31(30)41-28-12-13-29(41)19-27-11-9-25-7-6-24-8-10-26(18-28)36-34(24)35(25)37(27)42(36,40)41/h6-13,18-19,21,23,31-33,43H,5,14-17,20,22H2,1-4H3/t31?,32?,33?,38-,39-,40?,41?,42?/m0/s1. The van der Waals surface area contributed by atoms with Gasteiger partial charge < -0.3 is 5.11 Å². The van der Waals surface area contributed by atoms with Crippen LogP contribution in [0.4, 0.5) is 0 Å². The fourth-order valence-electron chi connectivity index (χ4n) is 14.5. The van der Waals surface area contributed by atoms with E-state index in [2.05, 4.69) is 94.5 Å². The molecule has 9 aliphatic rings. The quantitative estimate of drug-likeness (QED) is 0.243. The second-order valence-corrected chi connectivity index (χ2v) is 16.9. The van der Waals surface area contributed by atoms with Gasteiger partial charge in [-0.3, -0.25) is 0 Å². The molecule has 3 spiro atoms. The molecule has 0 heterocycles. The van der Waals surface area contributed by atoms with Gasteiger partial charge in [0, 0.05) is 22.9 Å². The van der Waals surface area contributed by atoms with E-state index in [1.165, 1.54) is 60.4 Å². The molecular weight excluding hydrogens is 520 g/mol. The van der Waals surface area contributed by atoms with Gasteiger partial charge in [0.05, 0.1) is 0 Å². The van der Waals surface area contributed by atoms with Crippen molar-refractivity contribution in [2.75, 3.05) is 6.61 Å². The molecule has 4 unspecified atom stereocenters. The van der Waals surface area contributed by atoms with E-state index in [0.717, 1.165) is 0 Å². The normalized spacial score (nSPS) is 43.3. The van der Waals surface area contributed by atoms with Crippen molar-refractivity contribution in [1.82, 2.24) is 0 Å². The van der Waals surface area contributed by atoms with Crippen molar-refractivity contribution in [3.05, 3.63) is 93.6 Å². The maximum atomic E-state index is 10.9. The number of aliphatic hydroxyl groups excluding tert-OH is 1. The zero-order valence-corrected chi connectivity index (χ0v) is 26.1. The van der Waals surface area contributed by atoms with Crippen molar-refractivity contribution in [1.29, 1.82) is 0 Å². The Labute approximate surface area is 255 Å². The Hall–Kier alpha value is -2.90. The summed E-state index contributed by atoms with van der Waals surface area (Å²) in [5, 5.41) is 16.9. The topological polar surface area (TPSA) is 20.2 Å². The van der Waals surface area contributed by atoms with E-state index in [1.54, 1.807) is 38.6 Å². The highest BCUT2D eigenvalue weighted by atomic mass is 16.3. The molecule has 1 heteroatoms. The molecule has 216 valence electrons. The van der Waals surface area contributed by atoms with E-state index in [9.17, 15) is 5.11 Å². The molecule has 1 N–H and O–H groups in total. The minimum Gasteiger partial charge on any atom is -0.396 e. The number of benzene rings is 3. The van der Waals surface area contributed by atoms with Crippen LogP contribution >= 0.6 is 0 Å². The lowest BCUT2D eigenvalue weighted by Crippen LogP contribution is -2.74. The lowest BCUT2D eigenvalue weighted by molar-refractivity contribution is -0.200. The van der Waals surface area contributed by atoms with E-state index >= 15 is 0 Å². The van der Waals surface area contributed by atoms with E-state index in [-0.39, 0.29) is 27.1 Å². The molecule has 3 saturated carbocycles. The van der Waals surface area contributed by atoms with Crippen LogP contribution in [0, 0.1) is 45.3 Å².